The van der Waals surface area contributed by atoms with Crippen LogP contribution in [0.3, 0.4) is 0 Å². The van der Waals surface area contributed by atoms with Crippen molar-refractivity contribution in [3.05, 3.63) is 59.5 Å². The molecule has 0 radical (unpaired) electrons. The van der Waals surface area contributed by atoms with Crippen molar-refractivity contribution in [3.8, 4) is 17.1 Å². The molecular formula is C18H19N3O4S. The fourth-order valence-electron chi connectivity index (χ4n) is 2.49. The van der Waals surface area contributed by atoms with Gasteiger partial charge in [0.15, 0.2) is 0 Å². The maximum atomic E-state index is 12.4. The fraction of sp³-hybridized carbons (Fsp3) is 0.222. The third-order valence-electron chi connectivity index (χ3n) is 3.83. The molecule has 136 valence electrons. The van der Waals surface area contributed by atoms with Gasteiger partial charge in [-0.15, -0.1) is 0 Å². The topological polar surface area (TPSA) is 94.3 Å². The van der Waals surface area contributed by atoms with E-state index in [2.05, 4.69) is 14.9 Å². The lowest BCUT2D eigenvalue weighted by Crippen LogP contribution is -2.23. The van der Waals surface area contributed by atoms with Crippen LogP contribution >= 0.6 is 0 Å². The van der Waals surface area contributed by atoms with Gasteiger partial charge in [0, 0.05) is 5.56 Å². The summed E-state index contributed by atoms with van der Waals surface area (Å²) in [5, 5.41) is 3.90. The lowest BCUT2D eigenvalue weighted by atomic mass is 10.1. The van der Waals surface area contributed by atoms with Crippen LogP contribution in [0.4, 0.5) is 0 Å². The smallest absolute Gasteiger partial charge is 0.242 e. The number of benzene rings is 2. The van der Waals surface area contributed by atoms with Gasteiger partial charge in [0.1, 0.15) is 5.75 Å². The van der Waals surface area contributed by atoms with Gasteiger partial charge >= 0.3 is 0 Å². The van der Waals surface area contributed by atoms with Crippen molar-refractivity contribution in [2.75, 3.05) is 7.11 Å². The molecule has 0 aliphatic carbocycles. The van der Waals surface area contributed by atoms with Gasteiger partial charge < -0.3 is 9.26 Å². The Morgan fingerprint density at radius 1 is 1.15 bits per heavy atom. The second-order valence-corrected chi connectivity index (χ2v) is 7.60. The van der Waals surface area contributed by atoms with Crippen LogP contribution in [-0.2, 0) is 16.6 Å². The number of ether oxygens (including phenoxy) is 1. The molecule has 0 saturated carbocycles. The predicted molar refractivity (Wildman–Crippen MR) is 96.2 cm³/mol. The average molecular weight is 373 g/mol. The normalized spacial score (nSPS) is 11.5. The largest absolute Gasteiger partial charge is 0.496 e. The first-order valence-electron chi connectivity index (χ1n) is 7.93. The van der Waals surface area contributed by atoms with E-state index in [1.165, 1.54) is 13.2 Å². The fourth-order valence-corrected chi connectivity index (χ4v) is 3.55. The molecule has 0 unspecified atom stereocenters. The lowest BCUT2D eigenvalue weighted by molar-refractivity contribution is 0.376. The lowest BCUT2D eigenvalue weighted by Gasteiger charge is -2.08. The Morgan fingerprint density at radius 2 is 1.96 bits per heavy atom. The second-order valence-electron chi connectivity index (χ2n) is 5.84. The molecule has 2 aromatic carbocycles. The first-order valence-corrected chi connectivity index (χ1v) is 9.41. The van der Waals surface area contributed by atoms with Gasteiger partial charge in [-0.3, -0.25) is 0 Å². The van der Waals surface area contributed by atoms with E-state index in [0.717, 1.165) is 16.7 Å². The van der Waals surface area contributed by atoms with E-state index in [-0.39, 0.29) is 17.3 Å². The van der Waals surface area contributed by atoms with Gasteiger partial charge in [-0.25, -0.2) is 13.1 Å². The molecule has 1 N–H and O–H groups in total. The quantitative estimate of drug-likeness (QED) is 0.714. The molecular weight excluding hydrogens is 354 g/mol. The van der Waals surface area contributed by atoms with Gasteiger partial charge in [0.05, 0.1) is 18.6 Å². The van der Waals surface area contributed by atoms with E-state index >= 15 is 0 Å². The molecule has 3 rings (SSSR count). The SMILES string of the molecule is COc1ccc(S(=O)(=O)NCc2nc(-c3cccc(C)c3)no2)cc1C. The van der Waals surface area contributed by atoms with Crippen LogP contribution in [0.1, 0.15) is 17.0 Å². The van der Waals surface area contributed by atoms with Gasteiger partial charge in [0.2, 0.25) is 21.7 Å². The molecule has 8 heteroatoms. The Hall–Kier alpha value is -2.71. The first kappa shape index (κ1) is 18.1. The van der Waals surface area contributed by atoms with Gasteiger partial charge in [0.25, 0.3) is 0 Å². The van der Waals surface area contributed by atoms with Crippen molar-refractivity contribution in [3.63, 3.8) is 0 Å². The zero-order chi connectivity index (χ0) is 18.7. The van der Waals surface area contributed by atoms with E-state index in [4.69, 9.17) is 9.26 Å². The van der Waals surface area contributed by atoms with Crippen LogP contribution in [0, 0.1) is 13.8 Å². The molecule has 7 nitrogen and oxygen atoms in total. The number of aryl methyl sites for hydroxylation is 2. The first-order chi connectivity index (χ1) is 12.4. The van der Waals surface area contributed by atoms with Gasteiger partial charge in [-0.1, -0.05) is 28.9 Å². The number of nitrogens with zero attached hydrogens (tertiary/aromatic N) is 2. The summed E-state index contributed by atoms with van der Waals surface area (Å²) in [6.07, 6.45) is 0. The Kier molecular flexibility index (Phi) is 5.06. The maximum absolute atomic E-state index is 12.4. The summed E-state index contributed by atoms with van der Waals surface area (Å²) in [6.45, 7) is 3.66. The predicted octanol–water partition coefficient (Wildman–Crippen LogP) is 2.84. The van der Waals surface area contributed by atoms with Crippen LogP contribution in [0.2, 0.25) is 0 Å². The molecule has 0 aliphatic heterocycles. The zero-order valence-corrected chi connectivity index (χ0v) is 15.5. The maximum Gasteiger partial charge on any atom is 0.242 e. The third kappa shape index (κ3) is 3.92. The zero-order valence-electron chi connectivity index (χ0n) is 14.7. The summed E-state index contributed by atoms with van der Waals surface area (Å²) >= 11 is 0. The summed E-state index contributed by atoms with van der Waals surface area (Å²) in [5.74, 6) is 1.24. The van der Waals surface area contributed by atoms with E-state index in [1.54, 1.807) is 19.1 Å². The molecule has 0 bridgehead atoms. The minimum Gasteiger partial charge on any atom is -0.496 e. The molecule has 0 saturated heterocycles. The summed E-state index contributed by atoms with van der Waals surface area (Å²) in [7, 11) is -2.16. The van der Waals surface area contributed by atoms with Crippen molar-refractivity contribution in [2.24, 2.45) is 0 Å². The molecule has 0 amide bonds. The Bertz CT molecular complexity index is 1030. The van der Waals surface area contributed by atoms with Crippen LogP contribution in [0.15, 0.2) is 51.9 Å². The molecule has 0 aliphatic rings. The van der Waals surface area contributed by atoms with Crippen LogP contribution in [-0.4, -0.2) is 25.7 Å². The second kappa shape index (κ2) is 7.27. The molecule has 0 atom stereocenters. The highest BCUT2D eigenvalue weighted by Gasteiger charge is 2.17. The summed E-state index contributed by atoms with van der Waals surface area (Å²) in [5.41, 5.74) is 2.62. The standard InChI is InChI=1S/C18H19N3O4S/c1-12-5-4-6-14(9-12)18-20-17(25-21-18)11-19-26(22,23)15-7-8-16(24-3)13(2)10-15/h4-10,19H,11H2,1-3H3. The van der Waals surface area contributed by atoms with Crippen molar-refractivity contribution in [2.45, 2.75) is 25.3 Å². The van der Waals surface area contributed by atoms with E-state index < -0.39 is 10.0 Å². The highest BCUT2D eigenvalue weighted by Crippen LogP contribution is 2.21. The molecule has 1 aromatic heterocycles. The molecule has 0 spiro atoms. The van der Waals surface area contributed by atoms with Gasteiger partial charge in [-0.05, 0) is 43.7 Å². The third-order valence-corrected chi connectivity index (χ3v) is 5.23. The molecule has 3 aromatic rings. The Labute approximate surface area is 152 Å². The minimum absolute atomic E-state index is 0.0910. The van der Waals surface area contributed by atoms with E-state index in [0.29, 0.717) is 11.6 Å². The number of hydrogen-bond acceptors (Lipinski definition) is 6. The summed E-state index contributed by atoms with van der Waals surface area (Å²) < 4.78 is 37.6. The molecule has 1 heterocycles. The number of rotatable bonds is 6. The Morgan fingerprint density at radius 3 is 2.65 bits per heavy atom. The van der Waals surface area contributed by atoms with Crippen LogP contribution in [0.5, 0.6) is 5.75 Å². The highest BCUT2D eigenvalue weighted by atomic mass is 32.2. The monoisotopic (exact) mass is 373 g/mol. The number of hydrogen-bond donors (Lipinski definition) is 1. The highest BCUT2D eigenvalue weighted by molar-refractivity contribution is 7.89. The molecule has 26 heavy (non-hydrogen) atoms. The minimum atomic E-state index is -3.70. The van der Waals surface area contributed by atoms with Crippen molar-refractivity contribution in [1.29, 1.82) is 0 Å². The Balaban J connectivity index is 1.73. The summed E-state index contributed by atoms with van der Waals surface area (Å²) in [6, 6.07) is 12.3. The summed E-state index contributed by atoms with van der Waals surface area (Å²) in [4.78, 5) is 4.39. The van der Waals surface area contributed by atoms with E-state index in [9.17, 15) is 8.42 Å². The number of sulfonamides is 1. The number of methoxy groups -OCH3 is 1. The number of aromatic nitrogens is 2. The van der Waals surface area contributed by atoms with Crippen LogP contribution < -0.4 is 9.46 Å². The van der Waals surface area contributed by atoms with Gasteiger partial charge in [-0.2, -0.15) is 4.98 Å². The molecule has 0 fully saturated rings. The van der Waals surface area contributed by atoms with Crippen molar-refractivity contribution < 1.29 is 17.7 Å². The number of nitrogens with one attached hydrogen (secondary N) is 1. The van der Waals surface area contributed by atoms with E-state index in [1.807, 2.05) is 31.2 Å². The van der Waals surface area contributed by atoms with Crippen molar-refractivity contribution in [1.82, 2.24) is 14.9 Å². The van der Waals surface area contributed by atoms with Crippen LogP contribution in [0.25, 0.3) is 11.4 Å². The van der Waals surface area contributed by atoms with Crippen molar-refractivity contribution >= 4 is 10.0 Å². The average Bonchev–Trinajstić information content (AvgIpc) is 3.09.